The van der Waals surface area contributed by atoms with Crippen molar-refractivity contribution in [1.29, 1.82) is 0 Å². The first-order valence-electron chi connectivity index (χ1n) is 5.82. The molecular formula is C11H18N2O3S. The number of thioether (sulfide) groups is 1. The highest BCUT2D eigenvalue weighted by molar-refractivity contribution is 7.99. The first-order chi connectivity index (χ1) is 7.93. The molecule has 1 N–H and O–H groups in total. The van der Waals surface area contributed by atoms with Crippen LogP contribution < -0.4 is 0 Å². The van der Waals surface area contributed by atoms with Gasteiger partial charge in [0.25, 0.3) is 0 Å². The van der Waals surface area contributed by atoms with E-state index in [2.05, 4.69) is 0 Å². The molecule has 0 spiro atoms. The maximum atomic E-state index is 12.4. The first kappa shape index (κ1) is 12.5. The van der Waals surface area contributed by atoms with E-state index in [1.54, 1.807) is 0 Å². The Balaban J connectivity index is 2.12. The van der Waals surface area contributed by atoms with Gasteiger partial charge in [-0.1, -0.05) is 0 Å². The van der Waals surface area contributed by atoms with Crippen LogP contribution in [0.2, 0.25) is 0 Å². The van der Waals surface area contributed by atoms with Crippen LogP contribution in [0.1, 0.15) is 26.7 Å². The summed E-state index contributed by atoms with van der Waals surface area (Å²) < 4.78 is 0. The lowest BCUT2D eigenvalue weighted by Gasteiger charge is -2.35. The quantitative estimate of drug-likeness (QED) is 0.773. The minimum atomic E-state index is -0.902. The fourth-order valence-electron chi connectivity index (χ4n) is 2.45. The van der Waals surface area contributed by atoms with Crippen LogP contribution in [-0.4, -0.2) is 56.7 Å². The number of carbonyl (C=O) groups excluding carboxylic acids is 1. The van der Waals surface area contributed by atoms with Crippen LogP contribution >= 0.6 is 11.8 Å². The van der Waals surface area contributed by atoms with Gasteiger partial charge >= 0.3 is 12.0 Å². The number of hydrogen-bond donors (Lipinski definition) is 1. The van der Waals surface area contributed by atoms with E-state index in [1.807, 2.05) is 18.7 Å². The summed E-state index contributed by atoms with van der Waals surface area (Å²) in [6.45, 7) is 4.81. The lowest BCUT2D eigenvalue weighted by molar-refractivity contribution is -0.141. The summed E-state index contributed by atoms with van der Waals surface area (Å²) in [6, 6.07) is -0.784. The molecule has 96 valence electrons. The van der Waals surface area contributed by atoms with Gasteiger partial charge < -0.3 is 14.9 Å². The fraction of sp³-hybridized carbons (Fsp3) is 0.818. The summed E-state index contributed by atoms with van der Waals surface area (Å²) in [4.78, 5) is 26.7. The zero-order valence-corrected chi connectivity index (χ0v) is 11.0. The molecule has 6 heteroatoms. The molecule has 0 aliphatic carbocycles. The number of carboxylic acids is 1. The standard InChI is InChI=1S/C11H18N2O3S/c1-11(2)4-3-5-13(11)10(16)12-7-17-6-8(12)9(14)15/h8H,3-7H2,1-2H3,(H,14,15)/t8-/m0/s1. The molecule has 2 amide bonds. The number of rotatable bonds is 1. The number of hydrogen-bond acceptors (Lipinski definition) is 3. The Morgan fingerprint density at radius 3 is 2.65 bits per heavy atom. The summed E-state index contributed by atoms with van der Waals surface area (Å²) in [5.41, 5.74) is -0.145. The van der Waals surface area contributed by atoms with Crippen LogP contribution in [0.5, 0.6) is 0 Å². The molecule has 0 aromatic rings. The predicted octanol–water partition coefficient (Wildman–Crippen LogP) is 1.44. The van der Waals surface area contributed by atoms with E-state index in [1.165, 1.54) is 16.7 Å². The Bertz CT molecular complexity index is 346. The lowest BCUT2D eigenvalue weighted by Crippen LogP contribution is -2.53. The van der Waals surface area contributed by atoms with Gasteiger partial charge in [0, 0.05) is 17.8 Å². The number of nitrogens with zero attached hydrogens (tertiary/aromatic N) is 2. The van der Waals surface area contributed by atoms with E-state index < -0.39 is 12.0 Å². The maximum Gasteiger partial charge on any atom is 0.327 e. The second-order valence-electron chi connectivity index (χ2n) is 5.17. The molecule has 2 saturated heterocycles. The zero-order valence-electron chi connectivity index (χ0n) is 10.2. The van der Waals surface area contributed by atoms with Gasteiger partial charge in [0.05, 0.1) is 5.88 Å². The predicted molar refractivity (Wildman–Crippen MR) is 66.0 cm³/mol. The molecule has 2 aliphatic heterocycles. The first-order valence-corrected chi connectivity index (χ1v) is 6.98. The van der Waals surface area contributed by atoms with Crippen molar-refractivity contribution < 1.29 is 14.7 Å². The van der Waals surface area contributed by atoms with Crippen LogP contribution in [0.15, 0.2) is 0 Å². The summed E-state index contributed by atoms with van der Waals surface area (Å²) in [5, 5.41) is 9.08. The topological polar surface area (TPSA) is 60.9 Å². The summed E-state index contributed by atoms with van der Waals surface area (Å²) in [5.74, 6) is 0.0814. The Labute approximate surface area is 105 Å². The third-order valence-electron chi connectivity index (χ3n) is 3.54. The molecule has 0 bridgehead atoms. The van der Waals surface area contributed by atoms with Crippen molar-refractivity contribution in [3.63, 3.8) is 0 Å². The average molecular weight is 258 g/mol. The third kappa shape index (κ3) is 2.22. The molecule has 1 atom stereocenters. The van der Waals surface area contributed by atoms with E-state index >= 15 is 0 Å². The summed E-state index contributed by atoms with van der Waals surface area (Å²) >= 11 is 1.50. The van der Waals surface area contributed by atoms with Gasteiger partial charge in [-0.2, -0.15) is 0 Å². The van der Waals surface area contributed by atoms with Crippen molar-refractivity contribution in [3.8, 4) is 0 Å². The Kier molecular flexibility index (Phi) is 3.25. The van der Waals surface area contributed by atoms with Crippen molar-refractivity contribution in [1.82, 2.24) is 9.80 Å². The van der Waals surface area contributed by atoms with E-state index in [0.717, 1.165) is 19.4 Å². The molecule has 5 nitrogen and oxygen atoms in total. The van der Waals surface area contributed by atoms with Gasteiger partial charge in [0.15, 0.2) is 0 Å². The van der Waals surface area contributed by atoms with Gasteiger partial charge in [0.1, 0.15) is 6.04 Å². The number of amides is 2. The van der Waals surface area contributed by atoms with Gasteiger partial charge in [-0.15, -0.1) is 11.8 Å². The van der Waals surface area contributed by atoms with Crippen molar-refractivity contribution >= 4 is 23.8 Å². The van der Waals surface area contributed by atoms with Crippen molar-refractivity contribution in [2.24, 2.45) is 0 Å². The molecule has 0 radical (unpaired) electrons. The van der Waals surface area contributed by atoms with Crippen molar-refractivity contribution in [2.45, 2.75) is 38.3 Å². The maximum absolute atomic E-state index is 12.4. The van der Waals surface area contributed by atoms with Gasteiger partial charge in [-0.25, -0.2) is 9.59 Å². The molecule has 2 heterocycles. The molecule has 2 aliphatic rings. The van der Waals surface area contributed by atoms with Crippen LogP contribution in [0.4, 0.5) is 4.79 Å². The normalized spacial score (nSPS) is 27.5. The number of aliphatic carboxylic acids is 1. The number of carboxylic acid groups (broad SMARTS) is 1. The highest BCUT2D eigenvalue weighted by Crippen LogP contribution is 2.31. The van der Waals surface area contributed by atoms with E-state index in [9.17, 15) is 9.59 Å². The molecule has 17 heavy (non-hydrogen) atoms. The third-order valence-corrected chi connectivity index (χ3v) is 4.56. The molecule has 0 unspecified atom stereocenters. The fourth-order valence-corrected chi connectivity index (χ4v) is 3.59. The smallest absolute Gasteiger partial charge is 0.327 e. The molecule has 2 fully saturated rings. The molecule has 0 aromatic heterocycles. The highest BCUT2D eigenvalue weighted by atomic mass is 32.2. The van der Waals surface area contributed by atoms with Crippen LogP contribution in [0.25, 0.3) is 0 Å². The van der Waals surface area contributed by atoms with Crippen molar-refractivity contribution in [3.05, 3.63) is 0 Å². The van der Waals surface area contributed by atoms with E-state index in [0.29, 0.717) is 11.6 Å². The zero-order chi connectivity index (χ0) is 12.6. The number of likely N-dealkylation sites (tertiary alicyclic amines) is 1. The number of urea groups is 1. The van der Waals surface area contributed by atoms with Crippen LogP contribution in [0.3, 0.4) is 0 Å². The minimum absolute atomic E-state index is 0.120. The SMILES string of the molecule is CC1(C)CCCN1C(=O)N1CSC[C@H]1C(=O)O. The molecular weight excluding hydrogens is 240 g/mol. The summed E-state index contributed by atoms with van der Waals surface area (Å²) in [7, 11) is 0. The van der Waals surface area contributed by atoms with Gasteiger partial charge in [-0.3, -0.25) is 0 Å². The van der Waals surface area contributed by atoms with E-state index in [-0.39, 0.29) is 11.6 Å². The van der Waals surface area contributed by atoms with Gasteiger partial charge in [-0.05, 0) is 26.7 Å². The average Bonchev–Trinajstić information content (AvgIpc) is 2.82. The Hall–Kier alpha value is -0.910. The largest absolute Gasteiger partial charge is 0.480 e. The second-order valence-corrected chi connectivity index (χ2v) is 6.17. The second kappa shape index (κ2) is 4.40. The van der Waals surface area contributed by atoms with Gasteiger partial charge in [0.2, 0.25) is 0 Å². The number of carbonyl (C=O) groups is 2. The molecule has 0 aromatic carbocycles. The molecule has 2 rings (SSSR count). The van der Waals surface area contributed by atoms with E-state index in [4.69, 9.17) is 5.11 Å². The van der Waals surface area contributed by atoms with Crippen molar-refractivity contribution in [2.75, 3.05) is 18.2 Å². The Morgan fingerprint density at radius 1 is 1.41 bits per heavy atom. The summed E-state index contributed by atoms with van der Waals surface area (Å²) in [6.07, 6.45) is 1.98. The minimum Gasteiger partial charge on any atom is -0.480 e. The van der Waals surface area contributed by atoms with Crippen LogP contribution in [-0.2, 0) is 4.79 Å². The Morgan fingerprint density at radius 2 is 2.12 bits per heavy atom. The monoisotopic (exact) mass is 258 g/mol. The lowest BCUT2D eigenvalue weighted by atomic mass is 10.0. The molecule has 0 saturated carbocycles. The highest BCUT2D eigenvalue weighted by Gasteiger charge is 2.42. The van der Waals surface area contributed by atoms with Crippen LogP contribution in [0, 0.1) is 0 Å².